The molecule has 0 fully saturated rings. The monoisotopic (exact) mass is 805 g/mol. The van der Waals surface area contributed by atoms with Crippen molar-refractivity contribution < 1.29 is 4.42 Å². The number of hydrogen-bond donors (Lipinski definition) is 0. The van der Waals surface area contributed by atoms with Crippen LogP contribution in [0.2, 0.25) is 0 Å². The summed E-state index contributed by atoms with van der Waals surface area (Å²) in [5.74, 6) is 1.91. The second kappa shape index (κ2) is 15.1. The fraction of sp³-hybridized carbons (Fsp3) is 0. The van der Waals surface area contributed by atoms with Crippen LogP contribution in [0.5, 0.6) is 0 Å². The Morgan fingerprint density at radius 3 is 1.13 bits per heavy atom. The zero-order valence-electron chi connectivity index (χ0n) is 33.9. The lowest BCUT2D eigenvalue weighted by molar-refractivity contribution is 0.669. The Kier molecular flexibility index (Phi) is 8.71. The standard InChI is InChI=1S/C57H35N5O/c1-3-9-36(10-4-1)37-23-27-44(28-24-37)56-60-55(43-11-5-2-6-12-43)61-57(62-56)45-29-25-41(26-30-45)39-17-15-38(16-18-39)40-19-21-42(22-20-40)46-31-32-49-50(33-46)59-52-35-54-48(34-51(52)58-49)47-13-7-8-14-53(47)63-54/h1-35H. The summed E-state index contributed by atoms with van der Waals surface area (Å²) in [7, 11) is 0. The zero-order valence-corrected chi connectivity index (χ0v) is 33.9. The van der Waals surface area contributed by atoms with Gasteiger partial charge in [-0.2, -0.15) is 0 Å². The number of fused-ring (bicyclic) bond motifs is 5. The smallest absolute Gasteiger partial charge is 0.164 e. The molecule has 0 aliphatic carbocycles. The molecule has 0 amide bonds. The molecule has 3 aromatic heterocycles. The van der Waals surface area contributed by atoms with Crippen LogP contribution < -0.4 is 0 Å². The van der Waals surface area contributed by atoms with E-state index in [0.717, 1.165) is 99.6 Å². The van der Waals surface area contributed by atoms with Gasteiger partial charge in [0.2, 0.25) is 0 Å². The van der Waals surface area contributed by atoms with E-state index in [9.17, 15) is 0 Å². The lowest BCUT2D eigenvalue weighted by atomic mass is 9.97. The van der Waals surface area contributed by atoms with Gasteiger partial charge in [0.25, 0.3) is 0 Å². The maximum Gasteiger partial charge on any atom is 0.164 e. The first kappa shape index (κ1) is 36.3. The first-order valence-corrected chi connectivity index (χ1v) is 21.0. The van der Waals surface area contributed by atoms with E-state index in [1.807, 2.05) is 60.7 Å². The van der Waals surface area contributed by atoms with E-state index in [4.69, 9.17) is 29.3 Å². The summed E-state index contributed by atoms with van der Waals surface area (Å²) in [5.41, 5.74) is 16.9. The topological polar surface area (TPSA) is 77.6 Å². The number of para-hydroxylation sites is 1. The van der Waals surface area contributed by atoms with Crippen LogP contribution in [0.15, 0.2) is 217 Å². The second-order valence-corrected chi connectivity index (χ2v) is 15.7. The summed E-state index contributed by atoms with van der Waals surface area (Å²) in [6.07, 6.45) is 0. The number of hydrogen-bond acceptors (Lipinski definition) is 6. The van der Waals surface area contributed by atoms with Gasteiger partial charge in [-0.05, 0) is 68.8 Å². The molecule has 12 aromatic rings. The minimum absolute atomic E-state index is 0.631. The van der Waals surface area contributed by atoms with E-state index < -0.39 is 0 Å². The van der Waals surface area contributed by atoms with Gasteiger partial charge < -0.3 is 4.42 Å². The summed E-state index contributed by atoms with van der Waals surface area (Å²) in [5, 5.41) is 2.14. The summed E-state index contributed by atoms with van der Waals surface area (Å²) in [4.78, 5) is 24.8. The fourth-order valence-electron chi connectivity index (χ4n) is 8.39. The molecule has 63 heavy (non-hydrogen) atoms. The van der Waals surface area contributed by atoms with Gasteiger partial charge in [0.15, 0.2) is 17.5 Å². The van der Waals surface area contributed by atoms with Crippen molar-refractivity contribution in [3.8, 4) is 78.7 Å². The molecule has 0 radical (unpaired) electrons. The summed E-state index contributed by atoms with van der Waals surface area (Å²) < 4.78 is 6.13. The van der Waals surface area contributed by atoms with Gasteiger partial charge in [-0.25, -0.2) is 24.9 Å². The summed E-state index contributed by atoms with van der Waals surface area (Å²) in [6.45, 7) is 0. The van der Waals surface area contributed by atoms with E-state index in [1.54, 1.807) is 0 Å². The highest BCUT2D eigenvalue weighted by Crippen LogP contribution is 2.34. The summed E-state index contributed by atoms with van der Waals surface area (Å²) in [6, 6.07) is 73.2. The molecule has 0 saturated carbocycles. The summed E-state index contributed by atoms with van der Waals surface area (Å²) >= 11 is 0. The van der Waals surface area contributed by atoms with E-state index >= 15 is 0 Å². The Balaban J connectivity index is 0.784. The molecule has 6 heteroatoms. The average molecular weight is 806 g/mol. The van der Waals surface area contributed by atoms with Crippen molar-refractivity contribution in [2.75, 3.05) is 0 Å². The predicted molar refractivity (Wildman–Crippen MR) is 256 cm³/mol. The van der Waals surface area contributed by atoms with Crippen molar-refractivity contribution in [2.24, 2.45) is 0 Å². The van der Waals surface area contributed by atoms with Crippen molar-refractivity contribution in [3.05, 3.63) is 212 Å². The highest BCUT2D eigenvalue weighted by atomic mass is 16.3. The van der Waals surface area contributed by atoms with Gasteiger partial charge in [0.05, 0.1) is 22.1 Å². The Labute approximate surface area is 362 Å². The minimum atomic E-state index is 0.631. The van der Waals surface area contributed by atoms with Crippen LogP contribution in [-0.4, -0.2) is 24.9 Å². The van der Waals surface area contributed by atoms with Crippen molar-refractivity contribution in [3.63, 3.8) is 0 Å². The third-order valence-corrected chi connectivity index (χ3v) is 11.8. The molecular weight excluding hydrogens is 771 g/mol. The van der Waals surface area contributed by atoms with Crippen LogP contribution in [-0.2, 0) is 0 Å². The molecule has 0 aliphatic heterocycles. The zero-order chi connectivity index (χ0) is 41.7. The largest absolute Gasteiger partial charge is 0.456 e. The second-order valence-electron chi connectivity index (χ2n) is 15.7. The first-order chi connectivity index (χ1) is 31.1. The van der Waals surface area contributed by atoms with E-state index in [-0.39, 0.29) is 0 Å². The van der Waals surface area contributed by atoms with E-state index in [0.29, 0.717) is 17.5 Å². The lowest BCUT2D eigenvalue weighted by Gasteiger charge is -2.10. The SMILES string of the molecule is c1ccc(-c2ccc(-c3nc(-c4ccccc4)nc(-c4ccc(-c5ccc(-c6ccc(-c7ccc8nc9cc%10c(cc9nc8c7)oc7ccccc7%10)cc6)cc5)cc4)n3)cc2)cc1. The molecule has 6 nitrogen and oxygen atoms in total. The number of furan rings is 1. The minimum Gasteiger partial charge on any atom is -0.456 e. The van der Waals surface area contributed by atoms with Crippen LogP contribution >= 0.6 is 0 Å². The molecule has 0 saturated heterocycles. The molecular formula is C57H35N5O. The molecule has 0 atom stereocenters. The van der Waals surface area contributed by atoms with Crippen LogP contribution in [0, 0.1) is 0 Å². The van der Waals surface area contributed by atoms with Crippen LogP contribution in [0.3, 0.4) is 0 Å². The van der Waals surface area contributed by atoms with Gasteiger partial charge in [0, 0.05) is 33.5 Å². The molecule has 0 bridgehead atoms. The van der Waals surface area contributed by atoms with Gasteiger partial charge in [-0.15, -0.1) is 0 Å². The molecule has 0 N–H and O–H groups in total. The van der Waals surface area contributed by atoms with Crippen LogP contribution in [0.25, 0.3) is 123 Å². The third kappa shape index (κ3) is 6.86. The molecule has 0 unspecified atom stereocenters. The maximum absolute atomic E-state index is 6.13. The van der Waals surface area contributed by atoms with Crippen LogP contribution in [0.1, 0.15) is 0 Å². The number of benzene rings is 9. The number of nitrogens with zero attached hydrogens (tertiary/aromatic N) is 5. The Bertz CT molecular complexity index is 3620. The average Bonchev–Trinajstić information content (AvgIpc) is 3.72. The quantitative estimate of drug-likeness (QED) is 0.149. The molecule has 12 rings (SSSR count). The lowest BCUT2D eigenvalue weighted by Crippen LogP contribution is -2.00. The van der Waals surface area contributed by atoms with Gasteiger partial charge >= 0.3 is 0 Å². The molecule has 0 aliphatic rings. The van der Waals surface area contributed by atoms with Crippen molar-refractivity contribution >= 4 is 44.0 Å². The number of rotatable bonds is 7. The van der Waals surface area contributed by atoms with E-state index in [2.05, 4.69) is 152 Å². The van der Waals surface area contributed by atoms with Gasteiger partial charge in [-0.1, -0.05) is 182 Å². The molecule has 294 valence electrons. The predicted octanol–water partition coefficient (Wildman–Crippen LogP) is 14.5. The van der Waals surface area contributed by atoms with Gasteiger partial charge in [-0.3, -0.25) is 0 Å². The van der Waals surface area contributed by atoms with Crippen molar-refractivity contribution in [2.45, 2.75) is 0 Å². The Morgan fingerprint density at radius 1 is 0.222 bits per heavy atom. The highest BCUT2D eigenvalue weighted by molar-refractivity contribution is 6.09. The van der Waals surface area contributed by atoms with Gasteiger partial charge in [0.1, 0.15) is 11.2 Å². The maximum atomic E-state index is 6.13. The molecule has 3 heterocycles. The Hall–Kier alpha value is -8.61. The Morgan fingerprint density at radius 2 is 0.587 bits per heavy atom. The third-order valence-electron chi connectivity index (χ3n) is 11.8. The fourth-order valence-corrected chi connectivity index (χ4v) is 8.39. The van der Waals surface area contributed by atoms with Crippen molar-refractivity contribution in [1.82, 2.24) is 24.9 Å². The normalized spacial score (nSPS) is 11.5. The molecule has 9 aromatic carbocycles. The number of aromatic nitrogens is 5. The first-order valence-electron chi connectivity index (χ1n) is 21.0. The van der Waals surface area contributed by atoms with E-state index in [1.165, 1.54) is 5.56 Å². The highest BCUT2D eigenvalue weighted by Gasteiger charge is 2.14. The van der Waals surface area contributed by atoms with Crippen LogP contribution in [0.4, 0.5) is 0 Å². The molecule has 0 spiro atoms. The van der Waals surface area contributed by atoms with Crippen molar-refractivity contribution in [1.29, 1.82) is 0 Å².